The number of nitrogens with zero attached hydrogens (tertiary/aromatic N) is 4. The van der Waals surface area contributed by atoms with Crippen molar-refractivity contribution in [1.29, 1.82) is 5.26 Å². The molecule has 1 fully saturated rings. The second kappa shape index (κ2) is 11.8. The molecular formula is C34H42N4O3Si. The predicted octanol–water partition coefficient (Wildman–Crippen LogP) is 7.51. The second-order valence-corrected chi connectivity index (χ2v) is 17.8. The average molecular weight is 583 g/mol. The number of carbonyl (C=O) groups is 1. The monoisotopic (exact) mass is 582 g/mol. The lowest BCUT2D eigenvalue weighted by molar-refractivity contribution is 0.0492. The number of ether oxygens (including phenoxy) is 1. The Kier molecular flexibility index (Phi) is 8.36. The van der Waals surface area contributed by atoms with Crippen LogP contribution in [0.15, 0.2) is 59.2 Å². The zero-order chi connectivity index (χ0) is 30.1. The first kappa shape index (κ1) is 29.7. The Morgan fingerprint density at radius 2 is 1.86 bits per heavy atom. The number of benzene rings is 2. The van der Waals surface area contributed by atoms with E-state index < -0.39 is 14.2 Å². The minimum absolute atomic E-state index is 0.200. The normalized spacial score (nSPS) is 15.1. The summed E-state index contributed by atoms with van der Waals surface area (Å²) in [5.74, 6) is -0.178. The van der Waals surface area contributed by atoms with Gasteiger partial charge in [0.2, 0.25) is 5.76 Å². The van der Waals surface area contributed by atoms with Gasteiger partial charge in [0, 0.05) is 60.9 Å². The summed E-state index contributed by atoms with van der Waals surface area (Å²) >= 11 is 0. The van der Waals surface area contributed by atoms with E-state index >= 15 is 0 Å². The molecule has 1 saturated heterocycles. The van der Waals surface area contributed by atoms with E-state index in [1.54, 1.807) is 13.0 Å². The van der Waals surface area contributed by atoms with Crippen LogP contribution in [0.2, 0.25) is 18.1 Å². The zero-order valence-electron chi connectivity index (χ0n) is 25.7. The zero-order valence-corrected chi connectivity index (χ0v) is 26.7. The summed E-state index contributed by atoms with van der Waals surface area (Å²) in [7, 11) is -1.82. The Morgan fingerprint density at radius 1 is 1.10 bits per heavy atom. The van der Waals surface area contributed by atoms with Crippen molar-refractivity contribution in [3.8, 4) is 6.07 Å². The summed E-state index contributed by atoms with van der Waals surface area (Å²) in [6.07, 6.45) is 7.81. The van der Waals surface area contributed by atoms with Crippen molar-refractivity contribution < 1.29 is 13.9 Å². The van der Waals surface area contributed by atoms with Gasteiger partial charge in [-0.3, -0.25) is 4.90 Å². The van der Waals surface area contributed by atoms with Crippen molar-refractivity contribution in [2.75, 3.05) is 44.2 Å². The van der Waals surface area contributed by atoms with Gasteiger partial charge in [-0.25, -0.2) is 4.79 Å². The van der Waals surface area contributed by atoms with Crippen LogP contribution >= 0.6 is 0 Å². The number of nitriles is 1. The van der Waals surface area contributed by atoms with E-state index in [9.17, 15) is 10.1 Å². The number of aromatic nitrogens is 1. The minimum atomic E-state index is -1.82. The van der Waals surface area contributed by atoms with Crippen LogP contribution in [-0.4, -0.2) is 62.7 Å². The van der Waals surface area contributed by atoms with Crippen LogP contribution in [0.3, 0.4) is 0 Å². The number of furan rings is 1. The molecule has 0 unspecified atom stereocenters. The molecule has 220 valence electrons. The highest BCUT2D eigenvalue weighted by Gasteiger charge is 2.38. The number of fused-ring (bicyclic) bond motifs is 2. The first-order valence-electron chi connectivity index (χ1n) is 14.9. The van der Waals surface area contributed by atoms with Gasteiger partial charge in [-0.05, 0) is 66.4 Å². The van der Waals surface area contributed by atoms with E-state index in [1.165, 1.54) is 11.1 Å². The maximum Gasteiger partial charge on any atom is 0.374 e. The number of piperazine rings is 1. The first-order chi connectivity index (χ1) is 20.0. The molecule has 0 bridgehead atoms. The highest BCUT2D eigenvalue weighted by Crippen LogP contribution is 2.40. The quantitative estimate of drug-likeness (QED) is 0.158. The molecule has 2 aromatic carbocycles. The van der Waals surface area contributed by atoms with Crippen molar-refractivity contribution in [3.63, 3.8) is 0 Å². The van der Waals surface area contributed by atoms with Crippen molar-refractivity contribution in [1.82, 2.24) is 9.13 Å². The van der Waals surface area contributed by atoms with Crippen LogP contribution in [-0.2, 0) is 4.74 Å². The molecule has 2 aromatic heterocycles. The first-order valence-corrected chi connectivity index (χ1v) is 17.9. The smallest absolute Gasteiger partial charge is 0.374 e. The molecule has 0 radical (unpaired) electrons. The molecular weight excluding hydrogens is 540 g/mol. The summed E-state index contributed by atoms with van der Waals surface area (Å²) in [5, 5.41) is 11.8. The van der Waals surface area contributed by atoms with E-state index in [1.807, 2.05) is 18.2 Å². The molecule has 3 heterocycles. The molecule has 0 N–H and O–H groups in total. The maximum atomic E-state index is 12.0. The Labute approximate surface area is 250 Å². The number of rotatable bonds is 8. The Morgan fingerprint density at radius 3 is 2.55 bits per heavy atom. The molecule has 0 spiro atoms. The number of hydrogen-bond donors (Lipinski definition) is 0. The number of anilines is 1. The fourth-order valence-corrected chi connectivity index (χ4v) is 7.49. The molecule has 5 rings (SSSR count). The highest BCUT2D eigenvalue weighted by molar-refractivity contribution is 6.79. The molecule has 0 saturated carbocycles. The van der Waals surface area contributed by atoms with Crippen molar-refractivity contribution in [2.45, 2.75) is 52.2 Å². The molecule has 0 amide bonds. The van der Waals surface area contributed by atoms with E-state index in [4.69, 9.17) is 9.15 Å². The van der Waals surface area contributed by atoms with Crippen molar-refractivity contribution in [3.05, 3.63) is 71.6 Å². The van der Waals surface area contributed by atoms with Crippen LogP contribution < -0.4 is 4.90 Å². The third-order valence-electron chi connectivity index (χ3n) is 9.03. The Hall–Kier alpha value is -3.80. The standard InChI is InChI=1S/C34H42N4O3Si/c1-7-40-33(39)32-22-27-21-28(12-14-31(27)41-32)37-18-16-36(17-19-37)15-9-8-10-26-24-38(42(5,6)34(2,3)4)30-13-11-25(23-35)20-29(26)30/h8,10-14,20-22,24H,7,9,15-19H2,1-6H3. The summed E-state index contributed by atoms with van der Waals surface area (Å²) in [6, 6.07) is 16.3. The van der Waals surface area contributed by atoms with Gasteiger partial charge in [-0.1, -0.05) is 46.0 Å². The third kappa shape index (κ3) is 5.90. The van der Waals surface area contributed by atoms with Crippen LogP contribution in [0.25, 0.3) is 27.9 Å². The SMILES string of the molecule is CCOC(=O)c1cc2cc(N3CCN(CCC=Cc4cn([Si](C)(C)C(C)(C)C)c5ccc(C#N)cc45)CC3)ccc2o1. The fraction of sp³-hybridized carbons (Fsp3) is 0.412. The van der Waals surface area contributed by atoms with Gasteiger partial charge in [0.1, 0.15) is 5.58 Å². The lowest BCUT2D eigenvalue weighted by Gasteiger charge is -2.38. The number of carbonyl (C=O) groups excluding carboxylic acids is 1. The van der Waals surface area contributed by atoms with E-state index in [0.717, 1.165) is 55.6 Å². The maximum absolute atomic E-state index is 12.0. The fourth-order valence-electron chi connectivity index (χ4n) is 5.51. The number of esters is 1. The van der Waals surface area contributed by atoms with Crippen LogP contribution in [0, 0.1) is 11.3 Å². The molecule has 1 aliphatic rings. The molecule has 1 aliphatic heterocycles. The lowest BCUT2D eigenvalue weighted by atomic mass is 10.1. The Bertz CT molecular complexity index is 1660. The topological polar surface area (TPSA) is 74.6 Å². The summed E-state index contributed by atoms with van der Waals surface area (Å²) in [6.45, 7) is 18.9. The molecule has 42 heavy (non-hydrogen) atoms. The second-order valence-electron chi connectivity index (χ2n) is 12.7. The van der Waals surface area contributed by atoms with E-state index in [0.29, 0.717) is 17.8 Å². The van der Waals surface area contributed by atoms with Crippen LogP contribution in [0.4, 0.5) is 5.69 Å². The van der Waals surface area contributed by atoms with Crippen LogP contribution in [0.5, 0.6) is 0 Å². The average Bonchev–Trinajstić information content (AvgIpc) is 3.56. The molecule has 8 heteroatoms. The molecule has 7 nitrogen and oxygen atoms in total. The van der Waals surface area contributed by atoms with Crippen molar-refractivity contribution in [2.24, 2.45) is 0 Å². The predicted molar refractivity (Wildman–Crippen MR) is 174 cm³/mol. The molecule has 0 aliphatic carbocycles. The van der Waals surface area contributed by atoms with Gasteiger partial charge >= 0.3 is 5.97 Å². The van der Waals surface area contributed by atoms with E-state index in [2.05, 4.69) is 90.5 Å². The van der Waals surface area contributed by atoms with Crippen molar-refractivity contribution >= 4 is 47.8 Å². The minimum Gasteiger partial charge on any atom is -0.460 e. The number of hydrogen-bond acceptors (Lipinski definition) is 6. The summed E-state index contributed by atoms with van der Waals surface area (Å²) in [4.78, 5) is 16.9. The molecule has 4 aromatic rings. The third-order valence-corrected chi connectivity index (χ3v) is 14.3. The van der Waals surface area contributed by atoms with Gasteiger partial charge in [0.25, 0.3) is 0 Å². The van der Waals surface area contributed by atoms with Gasteiger partial charge in [0.15, 0.2) is 8.24 Å². The van der Waals surface area contributed by atoms with E-state index in [-0.39, 0.29) is 10.8 Å². The Balaban J connectivity index is 1.21. The van der Waals surface area contributed by atoms with Gasteiger partial charge in [0.05, 0.1) is 18.2 Å². The van der Waals surface area contributed by atoms with Gasteiger partial charge in [-0.15, -0.1) is 0 Å². The van der Waals surface area contributed by atoms with Crippen LogP contribution in [0.1, 0.15) is 55.8 Å². The lowest BCUT2D eigenvalue weighted by Crippen LogP contribution is -2.46. The summed E-state index contributed by atoms with van der Waals surface area (Å²) < 4.78 is 13.3. The summed E-state index contributed by atoms with van der Waals surface area (Å²) in [5.41, 5.74) is 4.96. The van der Waals surface area contributed by atoms with Gasteiger partial charge < -0.3 is 18.3 Å². The highest BCUT2D eigenvalue weighted by atomic mass is 28.3. The van der Waals surface area contributed by atoms with Gasteiger partial charge in [-0.2, -0.15) is 5.26 Å². The largest absolute Gasteiger partial charge is 0.460 e. The molecule has 0 atom stereocenters.